The third-order valence-corrected chi connectivity index (χ3v) is 3.87. The van der Waals surface area contributed by atoms with Gasteiger partial charge in [0.2, 0.25) is 0 Å². The fourth-order valence-electron chi connectivity index (χ4n) is 2.83. The minimum atomic E-state index is 0.694. The number of hydrogen-bond acceptors (Lipinski definition) is 3. The van der Waals surface area contributed by atoms with Gasteiger partial charge in [0.05, 0.1) is 0 Å². The Kier molecular flexibility index (Phi) is 5.73. The van der Waals surface area contributed by atoms with Crippen molar-refractivity contribution in [3.05, 3.63) is 0 Å². The van der Waals surface area contributed by atoms with Crippen molar-refractivity contribution < 1.29 is 0 Å². The second kappa shape index (κ2) is 6.58. The summed E-state index contributed by atoms with van der Waals surface area (Å²) in [6, 6.07) is 1.46. The molecule has 0 radical (unpaired) electrons. The van der Waals surface area contributed by atoms with Gasteiger partial charge in [-0.25, -0.2) is 0 Å². The third-order valence-electron chi connectivity index (χ3n) is 3.87. The van der Waals surface area contributed by atoms with Crippen LogP contribution < -0.4 is 5.32 Å². The lowest BCUT2D eigenvalue weighted by molar-refractivity contribution is 0.126. The maximum atomic E-state index is 3.29. The van der Waals surface area contributed by atoms with Crippen molar-refractivity contribution >= 4 is 0 Å². The molecular formula is C13H29N3. The average molecular weight is 227 g/mol. The Morgan fingerprint density at radius 2 is 2.06 bits per heavy atom. The van der Waals surface area contributed by atoms with E-state index in [1.54, 1.807) is 0 Å². The SMILES string of the molecule is CNCC(C)C(C)N1CCCC1CN(C)C. The van der Waals surface area contributed by atoms with E-state index in [4.69, 9.17) is 0 Å². The highest BCUT2D eigenvalue weighted by Gasteiger charge is 2.30. The van der Waals surface area contributed by atoms with E-state index >= 15 is 0 Å². The predicted octanol–water partition coefficient (Wildman–Crippen LogP) is 1.26. The summed E-state index contributed by atoms with van der Waals surface area (Å²) in [4.78, 5) is 5.03. The topological polar surface area (TPSA) is 18.5 Å². The van der Waals surface area contributed by atoms with Crippen LogP contribution in [0.15, 0.2) is 0 Å². The van der Waals surface area contributed by atoms with Crippen LogP contribution in [0.4, 0.5) is 0 Å². The molecule has 1 aliphatic rings. The Labute approximate surface area is 101 Å². The van der Waals surface area contributed by atoms with E-state index < -0.39 is 0 Å². The van der Waals surface area contributed by atoms with Gasteiger partial charge in [-0.15, -0.1) is 0 Å². The van der Waals surface area contributed by atoms with Crippen LogP contribution in [0.1, 0.15) is 26.7 Å². The zero-order chi connectivity index (χ0) is 12.1. The molecule has 1 saturated heterocycles. The minimum Gasteiger partial charge on any atom is -0.319 e. The van der Waals surface area contributed by atoms with E-state index in [2.05, 4.69) is 43.1 Å². The Hall–Kier alpha value is -0.120. The number of nitrogens with zero attached hydrogens (tertiary/aromatic N) is 2. The van der Waals surface area contributed by atoms with Crippen molar-refractivity contribution in [2.24, 2.45) is 5.92 Å². The molecule has 3 atom stereocenters. The quantitative estimate of drug-likeness (QED) is 0.737. The largest absolute Gasteiger partial charge is 0.319 e. The minimum absolute atomic E-state index is 0.694. The lowest BCUT2D eigenvalue weighted by atomic mass is 10.0. The van der Waals surface area contributed by atoms with Crippen LogP contribution in [0, 0.1) is 5.92 Å². The first-order valence-electron chi connectivity index (χ1n) is 6.61. The van der Waals surface area contributed by atoms with Gasteiger partial charge in [-0.3, -0.25) is 4.90 Å². The molecule has 0 saturated carbocycles. The summed E-state index contributed by atoms with van der Waals surface area (Å²) < 4.78 is 0. The van der Waals surface area contributed by atoms with Crippen LogP contribution in [0.25, 0.3) is 0 Å². The highest BCUT2D eigenvalue weighted by Crippen LogP contribution is 2.23. The number of nitrogens with one attached hydrogen (secondary N) is 1. The Morgan fingerprint density at radius 1 is 1.38 bits per heavy atom. The van der Waals surface area contributed by atoms with Gasteiger partial charge in [-0.1, -0.05) is 6.92 Å². The average Bonchev–Trinajstić information content (AvgIpc) is 2.64. The summed E-state index contributed by atoms with van der Waals surface area (Å²) in [5.74, 6) is 0.729. The standard InChI is InChI=1S/C13H29N3/c1-11(9-14-3)12(2)16-8-6-7-13(16)10-15(4)5/h11-14H,6-10H2,1-5H3. The van der Waals surface area contributed by atoms with E-state index in [1.807, 2.05) is 7.05 Å². The van der Waals surface area contributed by atoms with Crippen LogP contribution in [-0.2, 0) is 0 Å². The number of rotatable bonds is 6. The number of likely N-dealkylation sites (N-methyl/N-ethyl adjacent to an activating group) is 1. The molecular weight excluding hydrogens is 198 g/mol. The zero-order valence-corrected chi connectivity index (χ0v) is 11.7. The number of hydrogen-bond donors (Lipinski definition) is 1. The lowest BCUT2D eigenvalue weighted by Crippen LogP contribution is -2.46. The van der Waals surface area contributed by atoms with E-state index in [0.717, 1.165) is 18.5 Å². The second-order valence-corrected chi connectivity index (χ2v) is 5.57. The molecule has 1 rings (SSSR count). The second-order valence-electron chi connectivity index (χ2n) is 5.57. The van der Waals surface area contributed by atoms with Gasteiger partial charge in [0.25, 0.3) is 0 Å². The van der Waals surface area contributed by atoms with Gasteiger partial charge in [0.1, 0.15) is 0 Å². The highest BCUT2D eigenvalue weighted by molar-refractivity contribution is 4.86. The predicted molar refractivity (Wildman–Crippen MR) is 70.8 cm³/mol. The highest BCUT2D eigenvalue weighted by atomic mass is 15.2. The summed E-state index contributed by atoms with van der Waals surface area (Å²) in [6.07, 6.45) is 2.74. The molecule has 1 heterocycles. The fourth-order valence-corrected chi connectivity index (χ4v) is 2.83. The van der Waals surface area contributed by atoms with Crippen LogP contribution in [0.3, 0.4) is 0 Å². The Bertz CT molecular complexity index is 194. The van der Waals surface area contributed by atoms with Gasteiger partial charge in [0.15, 0.2) is 0 Å². The van der Waals surface area contributed by atoms with E-state index in [1.165, 1.54) is 25.9 Å². The Balaban J connectivity index is 2.49. The summed E-state index contributed by atoms with van der Waals surface area (Å²) in [5, 5.41) is 3.29. The smallest absolute Gasteiger partial charge is 0.0226 e. The summed E-state index contributed by atoms with van der Waals surface area (Å²) in [5.41, 5.74) is 0. The molecule has 0 aromatic rings. The molecule has 3 nitrogen and oxygen atoms in total. The molecule has 16 heavy (non-hydrogen) atoms. The molecule has 3 heteroatoms. The maximum absolute atomic E-state index is 3.29. The first-order valence-corrected chi connectivity index (χ1v) is 6.61. The van der Waals surface area contributed by atoms with Crippen LogP contribution in [-0.4, -0.2) is 62.7 Å². The molecule has 1 fully saturated rings. The first kappa shape index (κ1) is 13.9. The van der Waals surface area contributed by atoms with Crippen LogP contribution in [0.2, 0.25) is 0 Å². The molecule has 0 aromatic heterocycles. The molecule has 1 aliphatic heterocycles. The zero-order valence-electron chi connectivity index (χ0n) is 11.7. The first-order chi connectivity index (χ1) is 7.56. The van der Waals surface area contributed by atoms with Gasteiger partial charge in [-0.05, 0) is 59.9 Å². The summed E-state index contributed by atoms with van der Waals surface area (Å²) in [7, 11) is 6.40. The van der Waals surface area contributed by atoms with Crippen molar-refractivity contribution in [1.29, 1.82) is 0 Å². The molecule has 0 bridgehead atoms. The normalized spacial score (nSPS) is 26.2. The molecule has 1 N–H and O–H groups in total. The maximum Gasteiger partial charge on any atom is 0.0226 e. The third kappa shape index (κ3) is 3.72. The van der Waals surface area contributed by atoms with Gasteiger partial charge in [0, 0.05) is 18.6 Å². The molecule has 0 spiro atoms. The van der Waals surface area contributed by atoms with Crippen LogP contribution >= 0.6 is 0 Å². The van der Waals surface area contributed by atoms with Gasteiger partial charge < -0.3 is 10.2 Å². The molecule has 3 unspecified atom stereocenters. The molecule has 0 amide bonds. The van der Waals surface area contributed by atoms with Crippen molar-refractivity contribution in [3.63, 3.8) is 0 Å². The van der Waals surface area contributed by atoms with Crippen molar-refractivity contribution in [3.8, 4) is 0 Å². The van der Waals surface area contributed by atoms with Gasteiger partial charge in [-0.2, -0.15) is 0 Å². The van der Waals surface area contributed by atoms with Crippen molar-refractivity contribution in [1.82, 2.24) is 15.1 Å². The summed E-state index contributed by atoms with van der Waals surface area (Å²) >= 11 is 0. The van der Waals surface area contributed by atoms with E-state index in [9.17, 15) is 0 Å². The fraction of sp³-hybridized carbons (Fsp3) is 1.00. The van der Waals surface area contributed by atoms with Crippen LogP contribution in [0.5, 0.6) is 0 Å². The lowest BCUT2D eigenvalue weighted by Gasteiger charge is -2.35. The monoisotopic (exact) mass is 227 g/mol. The summed E-state index contributed by atoms with van der Waals surface area (Å²) in [6.45, 7) is 8.35. The molecule has 0 aliphatic carbocycles. The molecule has 96 valence electrons. The molecule has 0 aromatic carbocycles. The van der Waals surface area contributed by atoms with E-state index in [0.29, 0.717) is 6.04 Å². The van der Waals surface area contributed by atoms with Crippen molar-refractivity contribution in [2.75, 3.05) is 40.8 Å². The van der Waals surface area contributed by atoms with E-state index in [-0.39, 0.29) is 0 Å². The number of likely N-dealkylation sites (tertiary alicyclic amines) is 1. The van der Waals surface area contributed by atoms with Gasteiger partial charge >= 0.3 is 0 Å². The Morgan fingerprint density at radius 3 is 2.62 bits per heavy atom. The van der Waals surface area contributed by atoms with Crippen molar-refractivity contribution in [2.45, 2.75) is 38.8 Å².